The first-order valence-electron chi connectivity index (χ1n) is 42.1. The fourth-order valence-electron chi connectivity index (χ4n) is 16.6. The summed E-state index contributed by atoms with van der Waals surface area (Å²) in [7, 11) is -1.03. The van der Waals surface area contributed by atoms with E-state index >= 15 is 4.79 Å². The lowest BCUT2D eigenvalue weighted by Gasteiger charge is -2.43. The van der Waals surface area contributed by atoms with E-state index in [1.54, 1.807) is 33.1 Å². The van der Waals surface area contributed by atoms with Crippen LogP contribution in [-0.4, -0.2) is 142 Å². The van der Waals surface area contributed by atoms with Crippen LogP contribution >= 0.6 is 0 Å². The molecule has 14 atom stereocenters. The summed E-state index contributed by atoms with van der Waals surface area (Å²) < 4.78 is 124. The highest BCUT2D eigenvalue weighted by Gasteiger charge is 2.48. The highest BCUT2D eigenvalue weighted by atomic mass is 28.4. The van der Waals surface area contributed by atoms with E-state index in [1.165, 1.54) is 6.07 Å². The van der Waals surface area contributed by atoms with E-state index in [1.807, 2.05) is 113 Å². The lowest BCUT2D eigenvalue weighted by atomic mass is 9.81. The summed E-state index contributed by atoms with van der Waals surface area (Å²) in [6.07, 6.45) is 6.31. The van der Waals surface area contributed by atoms with Crippen molar-refractivity contribution in [2.24, 2.45) is 22.7 Å². The SMILES string of the molecule is COCO[C@@H](C[C@@H]1CCC[C@H](C(C)(C)C(=O)OCc2ccccc2)O1)C[C@@H](OC(=O)c1c(O)cccc1CCC[C@H]1CCC[C@@H](CC[C@H](C)[C@@H](C[C@H](C[C@@H]2CCC[C@H](C(C)(C)C(=O)OCc3ccccc3)O2)O[Si](C)(C)C(C)(C)C)OC(=O)C(F)(F)F)O1)[C@@H](C)CC[C@@H]1CCC[C@H](CCCc2cccc3c2C(=O)OC(C)(C)O3)O1. The van der Waals surface area contributed by atoms with Crippen LogP contribution in [0.1, 0.15) is 273 Å². The smallest absolute Gasteiger partial charge is 0.490 e. The van der Waals surface area contributed by atoms with Crippen LogP contribution in [0.4, 0.5) is 13.2 Å². The molecule has 634 valence electrons. The maximum Gasteiger partial charge on any atom is 0.490 e. The van der Waals surface area contributed by atoms with Gasteiger partial charge in [-0.1, -0.05) is 120 Å². The zero-order valence-corrected chi connectivity index (χ0v) is 71.3. The molecule has 5 aliphatic rings. The fraction of sp³-hybridized carbons (Fsp3) is 0.681. The van der Waals surface area contributed by atoms with Crippen LogP contribution in [0.15, 0.2) is 97.1 Å². The normalized spacial score (nSPS) is 23.3. The highest BCUT2D eigenvalue weighted by molar-refractivity contribution is 6.74. The average molecular weight is 1610 g/mol. The molecule has 0 amide bonds. The summed E-state index contributed by atoms with van der Waals surface area (Å²) in [4.78, 5) is 68.6. The molecule has 19 nitrogen and oxygen atoms in total. The predicted molar refractivity (Wildman–Crippen MR) is 430 cm³/mol. The van der Waals surface area contributed by atoms with Gasteiger partial charge in [0.2, 0.25) is 5.79 Å². The Morgan fingerprint density at radius 2 is 1.01 bits per heavy atom. The lowest BCUT2D eigenvalue weighted by Crippen LogP contribution is -2.48. The minimum atomic E-state index is -5.22. The molecule has 4 saturated heterocycles. The van der Waals surface area contributed by atoms with E-state index in [9.17, 15) is 37.5 Å². The van der Waals surface area contributed by atoms with Gasteiger partial charge >= 0.3 is 36.0 Å². The molecule has 0 radical (unpaired) electrons. The number of phenols is 1. The molecule has 0 spiro atoms. The molecule has 0 unspecified atom stereocenters. The Morgan fingerprint density at radius 1 is 0.553 bits per heavy atom. The molecule has 4 aromatic rings. The Balaban J connectivity index is 0.842. The van der Waals surface area contributed by atoms with Crippen LogP contribution < -0.4 is 4.74 Å². The maximum atomic E-state index is 15.1. The quantitative estimate of drug-likeness (QED) is 0.0189. The standard InChI is InChI=1S/C91H131F3O19Si/c1-60(49-51-68-41-26-40-67(106-68)38-22-34-65-36-24-46-75-81(65)83(97)112-90(10,11)111-75)76(55-72(104-59-101-12)53-70-43-27-47-78(107-70)88(6,7)84(98)102-57-62-29-17-15-18-30-62)109-82(96)80-64(35-23-45-74(80)95)33-21-37-66-39-25-42-69(105-66)52-50-61(2)77(110-86(100)91(92,93)94)56-73(113-114(13,14)87(3,4)5)54-71-44-28-48-79(108-71)89(8,9)85(99)103-58-63-31-19-16-20-32-63/h15-20,23-24,29-32,35-36,45-46,60-61,66-73,76-79,95H,21-22,25-28,33-34,37-44,47-59H2,1-14H3/t60-,61-,66-,67-,68-,69-,70-,71-,72-,73-,76+,77+,78+,79+/m0/s1. The summed E-state index contributed by atoms with van der Waals surface area (Å²) in [5.74, 6) is -5.50. The molecule has 0 aromatic heterocycles. The second-order valence-corrected chi connectivity index (χ2v) is 40.7. The Labute approximate surface area is 676 Å². The Kier molecular flexibility index (Phi) is 33.5. The number of benzene rings is 4. The molecule has 114 heavy (non-hydrogen) atoms. The largest absolute Gasteiger partial charge is 0.507 e. The minimum absolute atomic E-state index is 0.00666. The third-order valence-corrected chi connectivity index (χ3v) is 29.1. The molecule has 1 N–H and O–H groups in total. The van der Waals surface area contributed by atoms with Gasteiger partial charge in [0.15, 0.2) is 8.32 Å². The van der Waals surface area contributed by atoms with Crippen molar-refractivity contribution in [2.45, 2.75) is 360 Å². The van der Waals surface area contributed by atoms with Gasteiger partial charge in [0.25, 0.3) is 0 Å². The summed E-state index contributed by atoms with van der Waals surface area (Å²) in [6.45, 7) is 25.4. The molecular formula is C91H131F3O19Si. The first-order valence-corrected chi connectivity index (χ1v) is 45.1. The summed E-state index contributed by atoms with van der Waals surface area (Å²) >= 11 is 0. The summed E-state index contributed by atoms with van der Waals surface area (Å²) in [5, 5.41) is 11.4. The molecule has 5 heterocycles. The number of aromatic hydroxyl groups is 1. The molecule has 9 rings (SSSR count). The van der Waals surface area contributed by atoms with Gasteiger partial charge in [0, 0.05) is 40.2 Å². The van der Waals surface area contributed by atoms with Crippen LogP contribution in [0.25, 0.3) is 0 Å². The Bertz CT molecular complexity index is 3690. The van der Waals surface area contributed by atoms with Crippen molar-refractivity contribution >= 4 is 38.2 Å². The number of methoxy groups -OCH3 is 1. The van der Waals surface area contributed by atoms with Crippen molar-refractivity contribution in [2.75, 3.05) is 13.9 Å². The van der Waals surface area contributed by atoms with Crippen molar-refractivity contribution < 1.29 is 104 Å². The highest BCUT2D eigenvalue weighted by Crippen LogP contribution is 2.44. The van der Waals surface area contributed by atoms with Crippen molar-refractivity contribution in [3.05, 3.63) is 130 Å². The predicted octanol–water partition coefficient (Wildman–Crippen LogP) is 20.1. The van der Waals surface area contributed by atoms with E-state index in [0.29, 0.717) is 100 Å². The summed E-state index contributed by atoms with van der Waals surface area (Å²) in [5.41, 5.74) is 1.85. The van der Waals surface area contributed by atoms with Crippen LogP contribution in [0, 0.1) is 22.7 Å². The number of alkyl halides is 3. The van der Waals surface area contributed by atoms with Gasteiger partial charge in [-0.15, -0.1) is 0 Å². The van der Waals surface area contributed by atoms with Crippen LogP contribution in [0.3, 0.4) is 0 Å². The first-order chi connectivity index (χ1) is 54.0. The number of hydrogen-bond donors (Lipinski definition) is 1. The van der Waals surface area contributed by atoms with Gasteiger partial charge in [-0.05, 0) is 240 Å². The van der Waals surface area contributed by atoms with E-state index in [0.717, 1.165) is 87.3 Å². The molecule has 0 bridgehead atoms. The van der Waals surface area contributed by atoms with Gasteiger partial charge < -0.3 is 66.4 Å². The number of hydrogen-bond acceptors (Lipinski definition) is 19. The molecule has 23 heteroatoms. The molecule has 5 aliphatic heterocycles. The average Bonchev–Trinajstić information content (AvgIpc) is 0.780. The number of ether oxygens (including phenoxy) is 12. The van der Waals surface area contributed by atoms with Gasteiger partial charge in [0.05, 0.1) is 71.9 Å². The number of carbonyl (C=O) groups excluding carboxylic acids is 5. The number of carbonyl (C=O) groups is 5. The van der Waals surface area contributed by atoms with Gasteiger partial charge in [-0.3, -0.25) is 9.59 Å². The number of rotatable bonds is 40. The van der Waals surface area contributed by atoms with Gasteiger partial charge in [0.1, 0.15) is 54.8 Å². The molecule has 4 aromatic carbocycles. The van der Waals surface area contributed by atoms with E-state index in [2.05, 4.69) is 40.8 Å². The van der Waals surface area contributed by atoms with Gasteiger partial charge in [-0.2, -0.15) is 13.2 Å². The lowest BCUT2D eigenvalue weighted by molar-refractivity contribution is -0.208. The van der Waals surface area contributed by atoms with E-state index in [-0.39, 0.29) is 97.6 Å². The number of aryl methyl sites for hydroxylation is 2. The number of fused-ring (bicyclic) bond motifs is 1. The number of phenolic OH excluding ortho intramolecular Hbond substituents is 1. The van der Waals surface area contributed by atoms with Crippen LogP contribution in [-0.2, 0) is 97.0 Å². The topological polar surface area (TPSA) is 226 Å². The molecular weight excluding hydrogens is 1480 g/mol. The minimum Gasteiger partial charge on any atom is -0.507 e. The monoisotopic (exact) mass is 1610 g/mol. The maximum absolute atomic E-state index is 15.1. The van der Waals surface area contributed by atoms with E-state index < -0.39 is 97.7 Å². The molecule has 4 fully saturated rings. The second-order valence-electron chi connectivity index (χ2n) is 36.0. The van der Waals surface area contributed by atoms with Crippen molar-refractivity contribution in [3.63, 3.8) is 0 Å². The van der Waals surface area contributed by atoms with Crippen LogP contribution in [0.5, 0.6) is 11.5 Å². The second kappa shape index (κ2) is 41.8. The number of cyclic esters (lactones) is 1. The number of esters is 5. The van der Waals surface area contributed by atoms with Crippen LogP contribution in [0.2, 0.25) is 18.1 Å². The van der Waals surface area contributed by atoms with Crippen molar-refractivity contribution in [1.82, 2.24) is 0 Å². The molecule has 0 saturated carbocycles. The van der Waals surface area contributed by atoms with Gasteiger partial charge in [-0.25, -0.2) is 14.4 Å². The Morgan fingerprint density at radius 3 is 1.52 bits per heavy atom. The first kappa shape index (κ1) is 91.5. The fourth-order valence-corrected chi connectivity index (χ4v) is 18.0. The van der Waals surface area contributed by atoms with Crippen molar-refractivity contribution in [3.8, 4) is 11.5 Å². The molecule has 0 aliphatic carbocycles. The van der Waals surface area contributed by atoms with Crippen molar-refractivity contribution in [1.29, 1.82) is 0 Å². The third-order valence-electron chi connectivity index (χ3n) is 24.6. The zero-order chi connectivity index (χ0) is 82.6. The number of halogens is 3. The summed E-state index contributed by atoms with van der Waals surface area (Å²) in [6, 6.07) is 29.7. The van der Waals surface area contributed by atoms with E-state index in [4.69, 9.17) is 61.3 Å². The Hall–Kier alpha value is -6.44. The third kappa shape index (κ3) is 26.8. The zero-order valence-electron chi connectivity index (χ0n) is 70.3.